The fourth-order valence-corrected chi connectivity index (χ4v) is 3.16. The van der Waals surface area contributed by atoms with E-state index in [1.807, 2.05) is 0 Å². The molecule has 0 aliphatic carbocycles. The van der Waals surface area contributed by atoms with E-state index in [1.165, 1.54) is 12.4 Å². The van der Waals surface area contributed by atoms with Gasteiger partial charge in [0.1, 0.15) is 36.6 Å². The summed E-state index contributed by atoms with van der Waals surface area (Å²) in [4.78, 5) is 39.7. The van der Waals surface area contributed by atoms with Crippen molar-refractivity contribution >= 4 is 18.0 Å². The van der Waals surface area contributed by atoms with Crippen LogP contribution in [-0.4, -0.2) is 121 Å². The minimum atomic E-state index is -1.59. The average Bonchev–Trinajstić information content (AvgIpc) is 3.39. The Balaban J connectivity index is 0.000000254. The Kier molecular flexibility index (Phi) is 12.7. The highest BCUT2D eigenvalue weighted by Gasteiger charge is 2.47. The van der Waals surface area contributed by atoms with Gasteiger partial charge >= 0.3 is 6.16 Å². The van der Waals surface area contributed by atoms with E-state index in [4.69, 9.17) is 31.2 Å². The topological polar surface area (TPSA) is 287 Å². The molecule has 4 rings (SSSR count). The molecule has 0 saturated carbocycles. The van der Waals surface area contributed by atoms with Gasteiger partial charge in [0, 0.05) is 24.8 Å². The molecular formula is C23H30N4O13. The molecule has 2 fully saturated rings. The van der Waals surface area contributed by atoms with Crippen molar-refractivity contribution in [2.75, 3.05) is 13.2 Å². The Morgan fingerprint density at radius 3 is 1.32 bits per heavy atom. The van der Waals surface area contributed by atoms with Crippen LogP contribution in [0, 0.1) is 0 Å². The summed E-state index contributed by atoms with van der Waals surface area (Å²) < 4.78 is 19.0. The van der Waals surface area contributed by atoms with Crippen LogP contribution in [0.25, 0.3) is 0 Å². The maximum Gasteiger partial charge on any atom is 0.513 e. The van der Waals surface area contributed by atoms with Crippen LogP contribution in [0.15, 0.2) is 49.1 Å². The lowest BCUT2D eigenvalue weighted by atomic mass is 10.1. The number of nitrogens with zero attached hydrogens (tertiary/aromatic N) is 2. The van der Waals surface area contributed by atoms with E-state index in [-0.39, 0.29) is 0 Å². The largest absolute Gasteiger partial charge is 0.513 e. The third kappa shape index (κ3) is 9.14. The first-order valence-electron chi connectivity index (χ1n) is 11.5. The first-order valence-corrected chi connectivity index (χ1v) is 11.5. The molecule has 8 atom stereocenters. The molecule has 0 spiro atoms. The van der Waals surface area contributed by atoms with Crippen molar-refractivity contribution in [2.24, 2.45) is 11.5 Å². The zero-order valence-electron chi connectivity index (χ0n) is 20.7. The van der Waals surface area contributed by atoms with Crippen molar-refractivity contribution in [3.8, 4) is 0 Å². The Morgan fingerprint density at radius 1 is 0.725 bits per heavy atom. The molecule has 2 aliphatic rings. The summed E-state index contributed by atoms with van der Waals surface area (Å²) in [5, 5.41) is 55.9. The summed E-state index contributed by atoms with van der Waals surface area (Å²) in [5.74, 6) is -0.883. The molecule has 0 aromatic carbocycles. The normalized spacial score (nSPS) is 28.8. The SMILES string of the molecule is NC(=O)c1cccnc1.NC(=O)c1cccnc1.O=C(OC1O[C@H](CO)[C@@H](O)[C@H]1O)OC1O[C@H](CO)[C@@H](O)[C@H]1O. The van der Waals surface area contributed by atoms with Gasteiger partial charge in [-0.2, -0.15) is 0 Å². The van der Waals surface area contributed by atoms with E-state index in [9.17, 15) is 34.8 Å². The standard InChI is InChI=1S/C11H18O11.2C6H6N2O/c12-1-3-5(14)7(16)9(19-3)21-11(18)22-10-8(17)6(15)4(2-13)20-10;2*7-6(9)5-2-1-3-8-4-5/h3-10,12-17H,1-2H2;2*1-4H,(H2,7,9)/t3-,4-,5-,6-,7-,8-,9?,10?;;/m1../s1. The van der Waals surface area contributed by atoms with Crippen molar-refractivity contribution in [2.45, 2.75) is 49.2 Å². The van der Waals surface area contributed by atoms with E-state index < -0.39 is 80.4 Å². The number of pyridine rings is 2. The number of aromatic nitrogens is 2. The van der Waals surface area contributed by atoms with E-state index in [0.717, 1.165) is 0 Å². The van der Waals surface area contributed by atoms with Crippen molar-refractivity contribution in [3.63, 3.8) is 0 Å². The third-order valence-corrected chi connectivity index (χ3v) is 5.31. The summed E-state index contributed by atoms with van der Waals surface area (Å²) in [6, 6.07) is 6.57. The number of rotatable bonds is 6. The first-order chi connectivity index (χ1) is 19.0. The summed E-state index contributed by atoms with van der Waals surface area (Å²) >= 11 is 0. The number of aliphatic hydroxyl groups is 6. The number of hydrogen-bond acceptors (Lipinski definition) is 15. The van der Waals surface area contributed by atoms with Crippen LogP contribution in [0.5, 0.6) is 0 Å². The highest BCUT2D eigenvalue weighted by Crippen LogP contribution is 2.25. The zero-order valence-corrected chi connectivity index (χ0v) is 20.7. The van der Waals surface area contributed by atoms with E-state index in [2.05, 4.69) is 19.4 Å². The lowest BCUT2D eigenvalue weighted by Gasteiger charge is -2.18. The molecule has 0 bridgehead atoms. The van der Waals surface area contributed by atoms with E-state index in [1.54, 1.807) is 36.7 Å². The molecule has 2 saturated heterocycles. The first kappa shape index (κ1) is 32.4. The predicted molar refractivity (Wildman–Crippen MR) is 129 cm³/mol. The number of amides is 2. The van der Waals surface area contributed by atoms with Gasteiger partial charge in [0.05, 0.1) is 24.3 Å². The fraction of sp³-hybridized carbons (Fsp3) is 0.435. The molecular weight excluding hydrogens is 540 g/mol. The molecule has 0 radical (unpaired) electrons. The number of carbonyl (C=O) groups excluding carboxylic acids is 3. The van der Waals surface area contributed by atoms with Gasteiger partial charge in [-0.3, -0.25) is 19.6 Å². The molecule has 2 aromatic rings. The molecule has 10 N–H and O–H groups in total. The maximum absolute atomic E-state index is 11.5. The van der Waals surface area contributed by atoms with Crippen LogP contribution in [0.2, 0.25) is 0 Å². The molecule has 220 valence electrons. The van der Waals surface area contributed by atoms with Crippen LogP contribution < -0.4 is 11.5 Å². The third-order valence-electron chi connectivity index (χ3n) is 5.31. The van der Waals surface area contributed by atoms with Gasteiger partial charge < -0.3 is 61.1 Å². The van der Waals surface area contributed by atoms with Gasteiger partial charge in [-0.05, 0) is 24.3 Å². The molecule has 17 nitrogen and oxygen atoms in total. The Bertz CT molecular complexity index is 997. The molecule has 4 heterocycles. The number of nitrogens with two attached hydrogens (primary N) is 2. The highest BCUT2D eigenvalue weighted by molar-refractivity contribution is 5.92. The molecule has 2 aromatic heterocycles. The summed E-state index contributed by atoms with van der Waals surface area (Å²) in [7, 11) is 0. The monoisotopic (exact) mass is 570 g/mol. The number of aliphatic hydroxyl groups excluding tert-OH is 6. The fourth-order valence-electron chi connectivity index (χ4n) is 3.16. The van der Waals surface area contributed by atoms with Crippen LogP contribution in [0.4, 0.5) is 4.79 Å². The Morgan fingerprint density at radius 2 is 1.10 bits per heavy atom. The van der Waals surface area contributed by atoms with Crippen LogP contribution >= 0.6 is 0 Å². The molecule has 2 amide bonds. The number of primary amides is 2. The minimum Gasteiger partial charge on any atom is -0.401 e. The lowest BCUT2D eigenvalue weighted by Crippen LogP contribution is -2.38. The van der Waals surface area contributed by atoms with Crippen LogP contribution in [0.3, 0.4) is 0 Å². The second-order valence-electron chi connectivity index (χ2n) is 8.11. The van der Waals surface area contributed by atoms with Crippen molar-refractivity contribution in [3.05, 3.63) is 60.2 Å². The Hall–Kier alpha value is -3.81. The quantitative estimate of drug-likeness (QED) is 0.156. The number of hydrogen-bond donors (Lipinski definition) is 8. The average molecular weight is 571 g/mol. The maximum atomic E-state index is 11.5. The van der Waals surface area contributed by atoms with Crippen molar-refractivity contribution in [1.82, 2.24) is 9.97 Å². The lowest BCUT2D eigenvalue weighted by molar-refractivity contribution is -0.187. The minimum absolute atomic E-state index is 0.442. The smallest absolute Gasteiger partial charge is 0.401 e. The summed E-state index contributed by atoms with van der Waals surface area (Å²) in [6.07, 6.45) is -6.82. The van der Waals surface area contributed by atoms with Crippen molar-refractivity contribution in [1.29, 1.82) is 0 Å². The second-order valence-corrected chi connectivity index (χ2v) is 8.11. The summed E-state index contributed by atoms with van der Waals surface area (Å²) in [6.45, 7) is -1.19. The predicted octanol–water partition coefficient (Wildman–Crippen LogP) is -3.62. The highest BCUT2D eigenvalue weighted by atomic mass is 16.8. The Labute approximate surface area is 226 Å². The zero-order chi connectivity index (χ0) is 29.8. The van der Waals surface area contributed by atoms with Gasteiger partial charge in [-0.15, -0.1) is 0 Å². The molecule has 2 unspecified atom stereocenters. The molecule has 17 heteroatoms. The van der Waals surface area contributed by atoms with E-state index >= 15 is 0 Å². The summed E-state index contributed by atoms with van der Waals surface area (Å²) in [5.41, 5.74) is 10.8. The van der Waals surface area contributed by atoms with Crippen molar-refractivity contribution < 1.29 is 64.0 Å². The molecule has 2 aliphatic heterocycles. The van der Waals surface area contributed by atoms with Crippen LogP contribution in [-0.2, 0) is 18.9 Å². The number of ether oxygens (including phenoxy) is 4. The van der Waals surface area contributed by atoms with Gasteiger partial charge in [-0.25, -0.2) is 4.79 Å². The van der Waals surface area contributed by atoms with Gasteiger partial charge in [0.15, 0.2) is 0 Å². The van der Waals surface area contributed by atoms with Crippen LogP contribution in [0.1, 0.15) is 20.7 Å². The number of carbonyl (C=O) groups is 3. The van der Waals surface area contributed by atoms with Gasteiger partial charge in [0.2, 0.25) is 24.4 Å². The second kappa shape index (κ2) is 15.7. The van der Waals surface area contributed by atoms with Gasteiger partial charge in [-0.1, -0.05) is 0 Å². The van der Waals surface area contributed by atoms with E-state index in [0.29, 0.717) is 11.1 Å². The van der Waals surface area contributed by atoms with Gasteiger partial charge in [0.25, 0.3) is 0 Å². The molecule has 40 heavy (non-hydrogen) atoms.